The normalized spacial score (nSPS) is 16.9. The quantitative estimate of drug-likeness (QED) is 0.657. The first-order valence-electron chi connectivity index (χ1n) is 5.80. The van der Waals surface area contributed by atoms with Gasteiger partial charge in [-0.1, -0.05) is 0 Å². The van der Waals surface area contributed by atoms with Crippen LogP contribution in [0.15, 0.2) is 15.8 Å². The molecule has 1 fully saturated rings. The maximum atomic E-state index is 12.1. The molecule has 98 valence electrons. The summed E-state index contributed by atoms with van der Waals surface area (Å²) in [5, 5.41) is 1.67. The van der Waals surface area contributed by atoms with Crippen LogP contribution in [-0.2, 0) is 0 Å². The van der Waals surface area contributed by atoms with Crippen molar-refractivity contribution in [2.75, 3.05) is 38.2 Å². The highest BCUT2D eigenvalue weighted by Crippen LogP contribution is 1.96. The van der Waals surface area contributed by atoms with E-state index in [1.165, 1.54) is 13.1 Å². The minimum atomic E-state index is -0.546. The van der Waals surface area contributed by atoms with E-state index in [0.29, 0.717) is 13.1 Å². The number of aromatic nitrogens is 2. The molecule has 0 radical (unpaired) electrons. The molecule has 1 saturated heterocycles. The number of ketones is 1. The molecule has 0 aliphatic carbocycles. The molecule has 0 bridgehead atoms. The molecular weight excluding hydrogens is 236 g/mol. The number of Topliss-reactive ketones (excluding diaryl/α,β-unsaturated/α-hetero) is 1. The lowest BCUT2D eigenvalue weighted by Crippen LogP contribution is -2.58. The molecule has 0 saturated carbocycles. The van der Waals surface area contributed by atoms with Crippen LogP contribution in [0, 0.1) is 0 Å². The van der Waals surface area contributed by atoms with Gasteiger partial charge in [-0.05, 0) is 14.0 Å². The van der Waals surface area contributed by atoms with Crippen molar-refractivity contribution in [1.82, 2.24) is 14.6 Å². The summed E-state index contributed by atoms with van der Waals surface area (Å²) < 4.78 is 1.03. The Hall–Kier alpha value is -1.89. The number of aromatic amines is 1. The van der Waals surface area contributed by atoms with Crippen molar-refractivity contribution in [1.29, 1.82) is 0 Å². The van der Waals surface area contributed by atoms with Crippen molar-refractivity contribution < 1.29 is 4.79 Å². The summed E-state index contributed by atoms with van der Waals surface area (Å²) in [6.07, 6.45) is 1.18. The number of hydrogen-bond acceptors (Lipinski definition) is 5. The first-order valence-corrected chi connectivity index (χ1v) is 5.80. The molecule has 18 heavy (non-hydrogen) atoms. The summed E-state index contributed by atoms with van der Waals surface area (Å²) in [4.78, 5) is 39.7. The number of likely N-dealkylation sites (N-methyl/N-ethyl adjacent to an activating group) is 1. The Morgan fingerprint density at radius 3 is 2.39 bits per heavy atom. The van der Waals surface area contributed by atoms with Crippen LogP contribution in [0.1, 0.15) is 17.3 Å². The monoisotopic (exact) mass is 252 g/mol. The second kappa shape index (κ2) is 4.77. The first kappa shape index (κ1) is 12.6. The molecule has 0 aromatic carbocycles. The van der Waals surface area contributed by atoms with Gasteiger partial charge in [0.25, 0.3) is 5.56 Å². The summed E-state index contributed by atoms with van der Waals surface area (Å²) in [6, 6.07) is 0. The van der Waals surface area contributed by atoms with Crippen LogP contribution in [-0.4, -0.2) is 53.6 Å². The van der Waals surface area contributed by atoms with Crippen LogP contribution in [0.3, 0.4) is 0 Å². The van der Waals surface area contributed by atoms with E-state index in [-0.39, 0.29) is 11.3 Å². The number of nitrogens with one attached hydrogen (secondary N) is 1. The molecule has 7 nitrogen and oxygen atoms in total. The fourth-order valence-corrected chi connectivity index (χ4v) is 1.97. The number of carbonyl (C=O) groups is 1. The Bertz CT molecular complexity index is 566. The zero-order valence-corrected chi connectivity index (χ0v) is 10.5. The molecule has 0 spiro atoms. The standard InChI is InChI=1S/C11H16N4O3/c1-8(16)9-7-12-11(18)15(10(9)17)14-5-3-13(2)4-6-14/h7H,3-6H2,1-2H3,(H,12,18). The smallest absolute Gasteiger partial charge is 0.312 e. The zero-order chi connectivity index (χ0) is 13.3. The summed E-state index contributed by atoms with van der Waals surface area (Å²) in [5.41, 5.74) is -1.04. The van der Waals surface area contributed by atoms with Gasteiger partial charge in [-0.15, -0.1) is 0 Å². The van der Waals surface area contributed by atoms with Crippen molar-refractivity contribution >= 4 is 5.78 Å². The fourth-order valence-electron chi connectivity index (χ4n) is 1.97. The fraction of sp³-hybridized carbons (Fsp3) is 0.545. The first-order chi connectivity index (χ1) is 8.50. The van der Waals surface area contributed by atoms with Gasteiger partial charge < -0.3 is 14.9 Å². The summed E-state index contributed by atoms with van der Waals surface area (Å²) in [7, 11) is 1.98. The molecule has 1 aromatic rings. The van der Waals surface area contributed by atoms with Crippen LogP contribution < -0.4 is 16.3 Å². The van der Waals surface area contributed by atoms with Gasteiger partial charge >= 0.3 is 5.69 Å². The second-order valence-corrected chi connectivity index (χ2v) is 4.44. The molecule has 0 unspecified atom stereocenters. The summed E-state index contributed by atoms with van der Waals surface area (Å²) in [6.45, 7) is 4.03. The Kier molecular flexibility index (Phi) is 3.33. The Labute approximate surface area is 104 Å². The molecule has 1 N–H and O–H groups in total. The van der Waals surface area contributed by atoms with Gasteiger partial charge in [0.05, 0.1) is 0 Å². The maximum Gasteiger partial charge on any atom is 0.347 e. The van der Waals surface area contributed by atoms with E-state index in [0.717, 1.165) is 17.8 Å². The number of carbonyl (C=O) groups excluding carboxylic acids is 1. The number of H-pyrrole nitrogens is 1. The van der Waals surface area contributed by atoms with Crippen molar-refractivity contribution in [2.24, 2.45) is 0 Å². The molecular formula is C11H16N4O3. The lowest BCUT2D eigenvalue weighted by molar-refractivity contribution is 0.101. The van der Waals surface area contributed by atoms with Crippen molar-refractivity contribution in [2.45, 2.75) is 6.92 Å². The third-order valence-corrected chi connectivity index (χ3v) is 3.10. The number of nitrogens with zero attached hydrogens (tertiary/aromatic N) is 3. The minimum Gasteiger partial charge on any atom is -0.312 e. The highest BCUT2D eigenvalue weighted by atomic mass is 16.2. The van der Waals surface area contributed by atoms with E-state index in [9.17, 15) is 14.4 Å². The van der Waals surface area contributed by atoms with Gasteiger partial charge in [-0.25, -0.2) is 4.79 Å². The third kappa shape index (κ3) is 2.21. The van der Waals surface area contributed by atoms with Gasteiger partial charge in [-0.3, -0.25) is 9.59 Å². The second-order valence-electron chi connectivity index (χ2n) is 4.44. The van der Waals surface area contributed by atoms with Crippen molar-refractivity contribution in [3.63, 3.8) is 0 Å². The number of hydrogen-bond donors (Lipinski definition) is 1. The zero-order valence-electron chi connectivity index (χ0n) is 10.5. The topological polar surface area (TPSA) is 78.4 Å². The van der Waals surface area contributed by atoms with Crippen LogP contribution in [0.5, 0.6) is 0 Å². The van der Waals surface area contributed by atoms with Gasteiger partial charge in [-0.2, -0.15) is 4.68 Å². The Balaban J connectivity index is 2.44. The molecule has 2 rings (SSSR count). The minimum absolute atomic E-state index is 0.00790. The van der Waals surface area contributed by atoms with E-state index in [1.54, 1.807) is 5.01 Å². The maximum absolute atomic E-state index is 12.1. The molecule has 2 heterocycles. The highest BCUT2D eigenvalue weighted by molar-refractivity contribution is 5.93. The van der Waals surface area contributed by atoms with Crippen LogP contribution >= 0.6 is 0 Å². The lowest BCUT2D eigenvalue weighted by Gasteiger charge is -2.33. The predicted octanol–water partition coefficient (Wildman–Crippen LogP) is -1.38. The van der Waals surface area contributed by atoms with E-state index < -0.39 is 11.2 Å². The highest BCUT2D eigenvalue weighted by Gasteiger charge is 2.19. The van der Waals surface area contributed by atoms with Crippen LogP contribution in [0.25, 0.3) is 0 Å². The molecule has 7 heteroatoms. The van der Waals surface area contributed by atoms with E-state index in [1.807, 2.05) is 7.05 Å². The summed E-state index contributed by atoms with van der Waals surface area (Å²) >= 11 is 0. The summed E-state index contributed by atoms with van der Waals surface area (Å²) in [5.74, 6) is -0.348. The number of piperazine rings is 1. The molecule has 0 atom stereocenters. The Morgan fingerprint density at radius 1 is 1.22 bits per heavy atom. The Morgan fingerprint density at radius 2 is 1.83 bits per heavy atom. The third-order valence-electron chi connectivity index (χ3n) is 3.10. The molecule has 1 aromatic heterocycles. The largest absolute Gasteiger partial charge is 0.347 e. The van der Waals surface area contributed by atoms with E-state index >= 15 is 0 Å². The van der Waals surface area contributed by atoms with Crippen LogP contribution in [0.2, 0.25) is 0 Å². The van der Waals surface area contributed by atoms with Crippen molar-refractivity contribution in [3.05, 3.63) is 32.6 Å². The van der Waals surface area contributed by atoms with Crippen LogP contribution in [0.4, 0.5) is 0 Å². The van der Waals surface area contributed by atoms with Crippen molar-refractivity contribution in [3.8, 4) is 0 Å². The van der Waals surface area contributed by atoms with Gasteiger partial charge in [0.2, 0.25) is 0 Å². The van der Waals surface area contributed by atoms with Gasteiger partial charge in [0.15, 0.2) is 5.78 Å². The molecule has 1 aliphatic rings. The van der Waals surface area contributed by atoms with Gasteiger partial charge in [0, 0.05) is 32.4 Å². The molecule has 0 amide bonds. The average Bonchev–Trinajstić information content (AvgIpc) is 2.31. The predicted molar refractivity (Wildman–Crippen MR) is 66.8 cm³/mol. The number of rotatable bonds is 2. The van der Waals surface area contributed by atoms with E-state index in [2.05, 4.69) is 9.88 Å². The van der Waals surface area contributed by atoms with E-state index in [4.69, 9.17) is 0 Å². The van der Waals surface area contributed by atoms with Gasteiger partial charge in [0.1, 0.15) is 5.56 Å². The lowest BCUT2D eigenvalue weighted by atomic mass is 10.2. The average molecular weight is 252 g/mol. The SMILES string of the molecule is CC(=O)c1c[nH]c(=O)n(N2CCN(C)CC2)c1=O. The molecule has 1 aliphatic heterocycles.